The van der Waals surface area contributed by atoms with E-state index in [2.05, 4.69) is 13.8 Å². The lowest BCUT2D eigenvalue weighted by molar-refractivity contribution is -0.161. The molecule has 0 rings (SSSR count). The Morgan fingerprint density at radius 2 is 0.935 bits per heavy atom. The predicted octanol–water partition coefficient (Wildman–Crippen LogP) is 10.1. The number of carbonyl (C=O) groups excluding carboxylic acids is 2. The molecule has 2 atom stereocenters. The second-order valence-electron chi connectivity index (χ2n) is 12.8. The Morgan fingerprint density at radius 1 is 0.565 bits per heavy atom. The number of phosphoric ester groups is 1. The first-order valence-electron chi connectivity index (χ1n) is 19.0. The Kier molecular flexibility index (Phi) is 33.2. The predicted molar refractivity (Wildman–Crippen MR) is 188 cm³/mol. The molecule has 2 unspecified atom stereocenters. The van der Waals surface area contributed by atoms with E-state index in [-0.39, 0.29) is 38.6 Å². The zero-order valence-corrected chi connectivity index (χ0v) is 30.7. The van der Waals surface area contributed by atoms with Crippen LogP contribution in [0.15, 0.2) is 0 Å². The summed E-state index contributed by atoms with van der Waals surface area (Å²) in [7, 11) is -4.36. The van der Waals surface area contributed by atoms with Gasteiger partial charge in [-0.2, -0.15) is 0 Å². The number of unbranched alkanes of at least 4 members (excludes halogenated alkanes) is 23. The van der Waals surface area contributed by atoms with E-state index < -0.39 is 26.5 Å². The van der Waals surface area contributed by atoms with Crippen LogP contribution in [0.4, 0.5) is 0 Å². The van der Waals surface area contributed by atoms with Gasteiger partial charge in [0.1, 0.15) is 6.61 Å². The third-order valence-electron chi connectivity index (χ3n) is 8.24. The molecule has 0 saturated heterocycles. The summed E-state index contributed by atoms with van der Waals surface area (Å²) in [5.74, 6) is -0.825. The third-order valence-corrected chi connectivity index (χ3v) is 9.23. The van der Waals surface area contributed by atoms with E-state index >= 15 is 0 Å². The number of rotatable bonds is 36. The van der Waals surface area contributed by atoms with Gasteiger partial charge in [-0.3, -0.25) is 18.6 Å². The van der Waals surface area contributed by atoms with Gasteiger partial charge in [-0.05, 0) is 12.8 Å². The molecule has 0 spiro atoms. The highest BCUT2D eigenvalue weighted by Crippen LogP contribution is 2.43. The van der Waals surface area contributed by atoms with Crippen molar-refractivity contribution in [2.75, 3.05) is 26.4 Å². The van der Waals surface area contributed by atoms with Gasteiger partial charge in [-0.25, -0.2) is 4.57 Å². The molecule has 3 N–H and O–H groups in total. The third kappa shape index (κ3) is 32.9. The van der Waals surface area contributed by atoms with Crippen LogP contribution >= 0.6 is 7.82 Å². The van der Waals surface area contributed by atoms with E-state index in [1.807, 2.05) is 0 Å². The highest BCUT2D eigenvalue weighted by molar-refractivity contribution is 7.47. The summed E-state index contributed by atoms with van der Waals surface area (Å²) in [5, 5.41) is 0. The van der Waals surface area contributed by atoms with Gasteiger partial charge in [0.05, 0.1) is 13.2 Å². The molecule has 10 heteroatoms. The Hall–Kier alpha value is -0.990. The summed E-state index contributed by atoms with van der Waals surface area (Å²) < 4.78 is 32.5. The summed E-state index contributed by atoms with van der Waals surface area (Å²) in [6.45, 7) is 3.70. The summed E-state index contributed by atoms with van der Waals surface area (Å²) in [4.78, 5) is 34.5. The molecule has 0 amide bonds. The number of hydrogen-bond acceptors (Lipinski definition) is 8. The molecule has 46 heavy (non-hydrogen) atoms. The van der Waals surface area contributed by atoms with Gasteiger partial charge in [0.25, 0.3) is 0 Å². The molecule has 0 aromatic rings. The van der Waals surface area contributed by atoms with Crippen LogP contribution in [-0.2, 0) is 32.7 Å². The minimum Gasteiger partial charge on any atom is -0.462 e. The fraction of sp³-hybridized carbons (Fsp3) is 0.944. The monoisotopic (exact) mass is 677 g/mol. The molecule has 0 aliphatic heterocycles. The van der Waals surface area contributed by atoms with E-state index in [9.17, 15) is 19.0 Å². The topological polar surface area (TPSA) is 134 Å². The van der Waals surface area contributed by atoms with Gasteiger partial charge >= 0.3 is 19.8 Å². The Bertz CT molecular complexity index is 739. The molecule has 0 saturated carbocycles. The lowest BCUT2D eigenvalue weighted by atomic mass is 10.0. The van der Waals surface area contributed by atoms with Crippen molar-refractivity contribution in [1.82, 2.24) is 0 Å². The van der Waals surface area contributed by atoms with E-state index in [0.29, 0.717) is 6.42 Å². The van der Waals surface area contributed by atoms with Crippen LogP contribution in [0.1, 0.15) is 187 Å². The van der Waals surface area contributed by atoms with Crippen LogP contribution in [0, 0.1) is 0 Å². The second-order valence-corrected chi connectivity index (χ2v) is 14.3. The lowest BCUT2D eigenvalue weighted by Crippen LogP contribution is -2.29. The average molecular weight is 678 g/mol. The minimum atomic E-state index is -4.36. The maximum Gasteiger partial charge on any atom is 0.472 e. The number of phosphoric acid groups is 1. The smallest absolute Gasteiger partial charge is 0.462 e. The summed E-state index contributed by atoms with van der Waals surface area (Å²) in [6.07, 6.45) is 30.1. The number of ether oxygens (including phenoxy) is 2. The zero-order chi connectivity index (χ0) is 34.0. The van der Waals surface area contributed by atoms with Gasteiger partial charge in [0.2, 0.25) is 0 Å². The van der Waals surface area contributed by atoms with Gasteiger partial charge in [0.15, 0.2) is 6.10 Å². The molecule has 0 bridgehead atoms. The molecular weight excluding hydrogens is 605 g/mol. The fourth-order valence-corrected chi connectivity index (χ4v) is 6.16. The highest BCUT2D eigenvalue weighted by atomic mass is 31.2. The zero-order valence-electron chi connectivity index (χ0n) is 29.8. The molecule has 274 valence electrons. The van der Waals surface area contributed by atoms with Crippen molar-refractivity contribution in [3.05, 3.63) is 0 Å². The molecule has 0 radical (unpaired) electrons. The molecule has 0 fully saturated rings. The van der Waals surface area contributed by atoms with Crippen molar-refractivity contribution in [2.24, 2.45) is 5.73 Å². The minimum absolute atomic E-state index is 0.0575. The molecular formula is C36H72NO8P. The van der Waals surface area contributed by atoms with E-state index in [0.717, 1.165) is 32.1 Å². The number of nitrogens with two attached hydrogens (primary N) is 1. The van der Waals surface area contributed by atoms with Crippen molar-refractivity contribution in [3.63, 3.8) is 0 Å². The second kappa shape index (κ2) is 33.9. The standard InChI is InChI=1S/C36H72NO8P/c1-3-5-7-9-11-12-13-14-15-16-17-18-19-20-21-23-25-27-29-36(39)45-34(33-44-46(40,41)43-31-30-37)32-42-35(38)28-26-24-22-10-8-6-4-2/h34H,3-33,37H2,1-2H3,(H,40,41). The van der Waals surface area contributed by atoms with E-state index in [1.54, 1.807) is 0 Å². The van der Waals surface area contributed by atoms with Crippen LogP contribution in [0.5, 0.6) is 0 Å². The molecule has 9 nitrogen and oxygen atoms in total. The van der Waals surface area contributed by atoms with Crippen molar-refractivity contribution in [3.8, 4) is 0 Å². The molecule has 0 aliphatic carbocycles. The molecule has 0 heterocycles. The van der Waals surface area contributed by atoms with Crippen LogP contribution < -0.4 is 5.73 Å². The quantitative estimate of drug-likeness (QED) is 0.0377. The van der Waals surface area contributed by atoms with Crippen molar-refractivity contribution in [2.45, 2.75) is 193 Å². The van der Waals surface area contributed by atoms with Crippen molar-refractivity contribution >= 4 is 19.8 Å². The Labute approximate surface area is 282 Å². The Balaban J connectivity index is 4.07. The van der Waals surface area contributed by atoms with Crippen LogP contribution in [0.2, 0.25) is 0 Å². The summed E-state index contributed by atoms with van der Waals surface area (Å²) >= 11 is 0. The lowest BCUT2D eigenvalue weighted by Gasteiger charge is -2.19. The first kappa shape index (κ1) is 45.0. The molecule has 0 aliphatic rings. The van der Waals surface area contributed by atoms with E-state index in [1.165, 1.54) is 122 Å². The fourth-order valence-electron chi connectivity index (χ4n) is 5.40. The molecule has 0 aromatic carbocycles. The van der Waals surface area contributed by atoms with Crippen molar-refractivity contribution < 1.29 is 37.6 Å². The van der Waals surface area contributed by atoms with Crippen LogP contribution in [0.3, 0.4) is 0 Å². The average Bonchev–Trinajstić information content (AvgIpc) is 3.04. The van der Waals surface area contributed by atoms with E-state index in [4.69, 9.17) is 24.3 Å². The molecule has 0 aromatic heterocycles. The van der Waals surface area contributed by atoms with Crippen LogP contribution in [-0.4, -0.2) is 49.3 Å². The van der Waals surface area contributed by atoms with Crippen molar-refractivity contribution in [1.29, 1.82) is 0 Å². The van der Waals surface area contributed by atoms with Crippen LogP contribution in [0.25, 0.3) is 0 Å². The van der Waals surface area contributed by atoms with Gasteiger partial charge < -0.3 is 20.1 Å². The number of carbonyl (C=O) groups is 2. The summed E-state index contributed by atoms with van der Waals surface area (Å²) in [5.41, 5.74) is 5.32. The highest BCUT2D eigenvalue weighted by Gasteiger charge is 2.25. The largest absolute Gasteiger partial charge is 0.472 e. The van der Waals surface area contributed by atoms with Gasteiger partial charge in [0, 0.05) is 19.4 Å². The number of hydrogen-bond donors (Lipinski definition) is 2. The maximum absolute atomic E-state index is 12.5. The van der Waals surface area contributed by atoms with Gasteiger partial charge in [-0.15, -0.1) is 0 Å². The normalized spacial score (nSPS) is 13.4. The number of esters is 2. The SMILES string of the molecule is CCCCCCCCCCCCCCCCCCCCC(=O)OC(COC(=O)CCCCCCCCC)COP(=O)(O)OCCN. The first-order valence-corrected chi connectivity index (χ1v) is 20.5. The Morgan fingerprint density at radius 3 is 1.33 bits per heavy atom. The maximum atomic E-state index is 12.5. The first-order chi connectivity index (χ1) is 22.3. The summed E-state index contributed by atoms with van der Waals surface area (Å²) in [6, 6.07) is 0. The van der Waals surface area contributed by atoms with Gasteiger partial charge in [-0.1, -0.05) is 162 Å².